The maximum absolute atomic E-state index is 11.2. The van der Waals surface area contributed by atoms with Crippen LogP contribution in [-0.4, -0.2) is 10.2 Å². The number of phenolic OH excluding ortho intramolecular Hbond substituents is 2. The zero-order valence-electron chi connectivity index (χ0n) is 23.1. The van der Waals surface area contributed by atoms with Gasteiger partial charge in [0.05, 0.1) is 9.47 Å². The smallest absolute Gasteiger partial charge is 0.134 e. The molecule has 0 aromatic heterocycles. The van der Waals surface area contributed by atoms with E-state index in [0.29, 0.717) is 17.4 Å². The first-order valence-corrected chi connectivity index (χ1v) is 13.0. The lowest BCUT2D eigenvalue weighted by atomic mass is 9.83. The Morgan fingerprint density at radius 2 is 1.26 bits per heavy atom. The van der Waals surface area contributed by atoms with E-state index in [9.17, 15) is 10.2 Å². The molecule has 0 aliphatic rings. The van der Waals surface area contributed by atoms with Crippen LogP contribution in [-0.2, 0) is 6.42 Å². The molecule has 0 heterocycles. The summed E-state index contributed by atoms with van der Waals surface area (Å²) in [5.74, 6) is 2.27. The van der Waals surface area contributed by atoms with Crippen molar-refractivity contribution in [1.29, 1.82) is 0 Å². The first kappa shape index (κ1) is 28.7. The van der Waals surface area contributed by atoms with E-state index in [1.807, 2.05) is 32.0 Å². The van der Waals surface area contributed by atoms with Gasteiger partial charge in [0, 0.05) is 11.1 Å². The molecule has 0 spiro atoms. The Morgan fingerprint density at radius 1 is 0.743 bits per heavy atom. The molecule has 1 unspecified atom stereocenters. The van der Waals surface area contributed by atoms with Crippen molar-refractivity contribution >= 4 is 9.47 Å². The number of hydrogen-bond donors (Lipinski definition) is 2. The lowest BCUT2D eigenvalue weighted by Gasteiger charge is -2.25. The Morgan fingerprint density at radius 3 is 1.69 bits per heavy atom. The van der Waals surface area contributed by atoms with Gasteiger partial charge in [-0.05, 0) is 97.4 Å². The monoisotopic (exact) mass is 494 g/mol. The van der Waals surface area contributed by atoms with Crippen LogP contribution in [0.1, 0.15) is 91.0 Å². The zero-order valence-corrected chi connectivity index (χ0v) is 24.3. The molecule has 1 atom stereocenters. The van der Waals surface area contributed by atoms with Gasteiger partial charge in [-0.2, -0.15) is 0 Å². The molecule has 0 radical (unpaired) electrons. The molecule has 0 saturated heterocycles. The molecule has 3 rings (SSSR count). The van der Waals surface area contributed by atoms with E-state index in [4.69, 9.17) is 4.52 Å². The second-order valence-electron chi connectivity index (χ2n) is 10.1. The minimum Gasteiger partial charge on any atom is -0.507 e. The molecule has 3 nitrogen and oxygen atoms in total. The van der Waals surface area contributed by atoms with Crippen molar-refractivity contribution in [2.24, 2.45) is 0 Å². The Hall–Kier alpha value is -2.51. The molecule has 2 N–H and O–H groups in total. The second kappa shape index (κ2) is 12.0. The van der Waals surface area contributed by atoms with Crippen LogP contribution in [0.4, 0.5) is 0 Å². The van der Waals surface area contributed by atoms with Crippen molar-refractivity contribution in [1.82, 2.24) is 0 Å². The van der Waals surface area contributed by atoms with Gasteiger partial charge in [0.1, 0.15) is 17.2 Å². The van der Waals surface area contributed by atoms with Crippen LogP contribution in [0.5, 0.6) is 17.2 Å². The van der Waals surface area contributed by atoms with Gasteiger partial charge in [-0.1, -0.05) is 65.0 Å². The van der Waals surface area contributed by atoms with Crippen LogP contribution in [0.15, 0.2) is 30.3 Å². The molecule has 0 amide bonds. The molecule has 0 saturated carbocycles. The van der Waals surface area contributed by atoms with Crippen LogP contribution >= 0.6 is 9.47 Å². The fraction of sp³-hybridized carbons (Fsp3) is 0.419. The van der Waals surface area contributed by atoms with E-state index in [2.05, 4.69) is 77.0 Å². The van der Waals surface area contributed by atoms with Crippen molar-refractivity contribution in [3.63, 3.8) is 0 Å². The summed E-state index contributed by atoms with van der Waals surface area (Å²) in [5.41, 5.74) is 10.8. The predicted molar refractivity (Wildman–Crippen MR) is 153 cm³/mol. The van der Waals surface area contributed by atoms with Crippen LogP contribution in [0.2, 0.25) is 0 Å². The Bertz CT molecular complexity index is 1170. The minimum atomic E-state index is 0.257. The molecule has 0 aliphatic heterocycles. The molecule has 0 bridgehead atoms. The lowest BCUT2D eigenvalue weighted by Crippen LogP contribution is -2.04. The van der Waals surface area contributed by atoms with E-state index in [1.54, 1.807) is 0 Å². The van der Waals surface area contributed by atoms with Gasteiger partial charge in [-0.3, -0.25) is 0 Å². The molecule has 0 fully saturated rings. The van der Waals surface area contributed by atoms with E-state index < -0.39 is 0 Å². The van der Waals surface area contributed by atoms with E-state index in [1.165, 1.54) is 22.3 Å². The number of phenols is 2. The number of rotatable bonds is 5. The van der Waals surface area contributed by atoms with Crippen LogP contribution < -0.4 is 4.52 Å². The standard InChI is InChI=1S/C23H33O2P.C8H10O/c1-9-17-15(7)11-19(13(4)5)23(25-26)21(17)20-16(8)14(6)10-18(12(2)3)22(20)24;1-6-4-3-5-7(2)8(6)9/h10-13,24H,9,26H2,1-8H3;3-5,9H,1-2H3. The number of para-hydroxylation sites is 1. The maximum atomic E-state index is 11.2. The lowest BCUT2D eigenvalue weighted by molar-refractivity contribution is 0.465. The summed E-state index contributed by atoms with van der Waals surface area (Å²) < 4.78 is 5.85. The van der Waals surface area contributed by atoms with Crippen molar-refractivity contribution < 1.29 is 14.7 Å². The molecular weight excluding hydrogens is 451 g/mol. The fourth-order valence-corrected chi connectivity index (χ4v) is 4.87. The van der Waals surface area contributed by atoms with Crippen molar-refractivity contribution in [2.75, 3.05) is 0 Å². The molecule has 190 valence electrons. The van der Waals surface area contributed by atoms with E-state index >= 15 is 0 Å². The van der Waals surface area contributed by atoms with Crippen LogP contribution in [0.3, 0.4) is 0 Å². The van der Waals surface area contributed by atoms with Crippen LogP contribution in [0, 0.1) is 34.6 Å². The number of aryl methyl sites for hydroxylation is 4. The summed E-state index contributed by atoms with van der Waals surface area (Å²) in [6, 6.07) is 10.1. The Balaban J connectivity index is 0.000000402. The number of aromatic hydroxyl groups is 2. The fourth-order valence-electron chi connectivity index (χ4n) is 4.62. The SMILES string of the molecule is CCc1c(C)cc(C(C)C)c(OP)c1-c1c(C)c(C)cc(C(C)C)c1O.Cc1cccc(C)c1O. The minimum absolute atomic E-state index is 0.257. The van der Waals surface area contributed by atoms with Gasteiger partial charge in [0.2, 0.25) is 0 Å². The van der Waals surface area contributed by atoms with Gasteiger partial charge in [-0.25, -0.2) is 0 Å². The molecule has 3 aromatic rings. The van der Waals surface area contributed by atoms with Crippen molar-refractivity contribution in [3.8, 4) is 28.4 Å². The second-order valence-corrected chi connectivity index (χ2v) is 10.4. The highest BCUT2D eigenvalue weighted by Gasteiger charge is 2.25. The van der Waals surface area contributed by atoms with Gasteiger partial charge in [-0.15, -0.1) is 0 Å². The average molecular weight is 495 g/mol. The Kier molecular flexibility index (Phi) is 9.81. The first-order chi connectivity index (χ1) is 16.4. The summed E-state index contributed by atoms with van der Waals surface area (Å²) in [6.07, 6.45) is 0.893. The number of benzene rings is 3. The highest BCUT2D eigenvalue weighted by Crippen LogP contribution is 2.49. The molecule has 4 heteroatoms. The average Bonchev–Trinajstić information content (AvgIpc) is 2.79. The molecule has 3 aromatic carbocycles. The Labute approximate surface area is 214 Å². The molecule has 35 heavy (non-hydrogen) atoms. The van der Waals surface area contributed by atoms with E-state index in [-0.39, 0.29) is 5.92 Å². The maximum Gasteiger partial charge on any atom is 0.134 e. The molecular formula is C31H43O3P. The van der Waals surface area contributed by atoms with Crippen molar-refractivity contribution in [2.45, 2.75) is 87.5 Å². The quantitative estimate of drug-likeness (QED) is 0.348. The zero-order chi connectivity index (χ0) is 26.6. The first-order valence-electron chi connectivity index (χ1n) is 12.5. The predicted octanol–water partition coefficient (Wildman–Crippen LogP) is 8.97. The van der Waals surface area contributed by atoms with E-state index in [0.717, 1.165) is 45.6 Å². The normalized spacial score (nSPS) is 11.0. The third-order valence-corrected chi connectivity index (χ3v) is 7.13. The van der Waals surface area contributed by atoms with Gasteiger partial charge in [0.25, 0.3) is 0 Å². The highest BCUT2D eigenvalue weighted by molar-refractivity contribution is 7.10. The topological polar surface area (TPSA) is 49.7 Å². The summed E-state index contributed by atoms with van der Waals surface area (Å²) in [5, 5.41) is 20.4. The largest absolute Gasteiger partial charge is 0.507 e. The third-order valence-electron chi connectivity index (χ3n) is 6.89. The van der Waals surface area contributed by atoms with Gasteiger partial charge >= 0.3 is 0 Å². The van der Waals surface area contributed by atoms with Gasteiger partial charge in [0.15, 0.2) is 0 Å². The summed E-state index contributed by atoms with van der Waals surface area (Å²) in [6.45, 7) is 20.9. The highest BCUT2D eigenvalue weighted by atomic mass is 31.0. The van der Waals surface area contributed by atoms with Crippen molar-refractivity contribution in [3.05, 3.63) is 74.8 Å². The molecule has 0 aliphatic carbocycles. The third kappa shape index (κ3) is 6.01. The summed E-state index contributed by atoms with van der Waals surface area (Å²) in [7, 11) is 2.41. The summed E-state index contributed by atoms with van der Waals surface area (Å²) in [4.78, 5) is 0. The van der Waals surface area contributed by atoms with Gasteiger partial charge < -0.3 is 14.7 Å². The summed E-state index contributed by atoms with van der Waals surface area (Å²) >= 11 is 0. The number of hydrogen-bond acceptors (Lipinski definition) is 3. The van der Waals surface area contributed by atoms with Crippen LogP contribution in [0.25, 0.3) is 11.1 Å².